The van der Waals surface area contributed by atoms with E-state index in [4.69, 9.17) is 0 Å². The van der Waals surface area contributed by atoms with Gasteiger partial charge < -0.3 is 5.32 Å². The largest absolute Gasteiger partial charge is 0.324 e. The van der Waals surface area contributed by atoms with Gasteiger partial charge in [-0.1, -0.05) is 18.2 Å². The lowest BCUT2D eigenvalue weighted by molar-refractivity contribution is -0.116. The number of rotatable bonds is 3. The summed E-state index contributed by atoms with van der Waals surface area (Å²) in [6.07, 6.45) is 3.10. The maximum absolute atomic E-state index is 12.5. The van der Waals surface area contributed by atoms with Crippen LogP contribution in [0.4, 0.5) is 5.69 Å². The maximum Gasteiger partial charge on any atom is 0.261 e. The predicted octanol–water partition coefficient (Wildman–Crippen LogP) is 2.58. The van der Waals surface area contributed by atoms with Crippen molar-refractivity contribution in [3.05, 3.63) is 77.5 Å². The van der Waals surface area contributed by atoms with Gasteiger partial charge in [0.1, 0.15) is 6.54 Å². The molecule has 0 aliphatic carbocycles. The standard InChI is InChI=1S/C19H14N4O2/c24-18(22-17-9-3-8-15-13(17)6-4-10-20-15)11-23-12-21-16-7-2-1-5-14(16)19(23)25/h1-10,12H,11H2,(H,22,24). The Labute approximate surface area is 142 Å². The minimum absolute atomic E-state index is 0.104. The second kappa shape index (κ2) is 6.16. The summed E-state index contributed by atoms with van der Waals surface area (Å²) in [6, 6.07) is 16.3. The molecule has 2 heterocycles. The highest BCUT2D eigenvalue weighted by Crippen LogP contribution is 2.21. The molecule has 0 aliphatic heterocycles. The van der Waals surface area contributed by atoms with E-state index in [-0.39, 0.29) is 18.0 Å². The normalized spacial score (nSPS) is 10.9. The number of pyridine rings is 1. The van der Waals surface area contributed by atoms with Gasteiger partial charge in [-0.15, -0.1) is 0 Å². The first-order valence-electron chi connectivity index (χ1n) is 7.80. The summed E-state index contributed by atoms with van der Waals surface area (Å²) in [5.74, 6) is -0.296. The second-order valence-corrected chi connectivity index (χ2v) is 5.62. The number of hydrogen-bond donors (Lipinski definition) is 1. The highest BCUT2D eigenvalue weighted by molar-refractivity contribution is 6.00. The minimum atomic E-state index is -0.296. The highest BCUT2D eigenvalue weighted by atomic mass is 16.2. The molecule has 0 bridgehead atoms. The van der Waals surface area contributed by atoms with Crippen molar-refractivity contribution < 1.29 is 4.79 Å². The Balaban J connectivity index is 1.62. The monoisotopic (exact) mass is 330 g/mol. The fourth-order valence-electron chi connectivity index (χ4n) is 2.78. The zero-order chi connectivity index (χ0) is 17.2. The topological polar surface area (TPSA) is 76.9 Å². The van der Waals surface area contributed by atoms with Gasteiger partial charge in [0.25, 0.3) is 5.56 Å². The Morgan fingerprint density at radius 3 is 2.60 bits per heavy atom. The smallest absolute Gasteiger partial charge is 0.261 e. The number of carbonyl (C=O) groups excluding carboxylic acids is 1. The summed E-state index contributed by atoms with van der Waals surface area (Å²) in [5.41, 5.74) is 1.84. The fraction of sp³-hybridized carbons (Fsp3) is 0.0526. The number of aromatic nitrogens is 3. The summed E-state index contributed by atoms with van der Waals surface area (Å²) in [7, 11) is 0. The minimum Gasteiger partial charge on any atom is -0.324 e. The first kappa shape index (κ1) is 15.0. The van der Waals surface area contributed by atoms with E-state index in [0.29, 0.717) is 16.6 Å². The number of nitrogens with one attached hydrogen (secondary N) is 1. The molecule has 4 rings (SSSR count). The van der Waals surface area contributed by atoms with Crippen LogP contribution >= 0.6 is 0 Å². The van der Waals surface area contributed by atoms with Gasteiger partial charge in [-0.05, 0) is 36.4 Å². The highest BCUT2D eigenvalue weighted by Gasteiger charge is 2.10. The van der Waals surface area contributed by atoms with Crippen molar-refractivity contribution in [3.63, 3.8) is 0 Å². The van der Waals surface area contributed by atoms with Crippen molar-refractivity contribution in [2.45, 2.75) is 6.54 Å². The number of anilines is 1. The van der Waals surface area contributed by atoms with E-state index in [1.165, 1.54) is 10.9 Å². The third-order valence-electron chi connectivity index (χ3n) is 3.97. The number of para-hydroxylation sites is 1. The Kier molecular flexibility index (Phi) is 3.70. The van der Waals surface area contributed by atoms with Gasteiger partial charge in [0, 0.05) is 11.6 Å². The van der Waals surface area contributed by atoms with Crippen LogP contribution in [0.25, 0.3) is 21.8 Å². The molecule has 25 heavy (non-hydrogen) atoms. The molecular formula is C19H14N4O2. The molecule has 4 aromatic rings. The molecule has 2 aromatic heterocycles. The Morgan fingerprint density at radius 2 is 1.68 bits per heavy atom. The Bertz CT molecular complexity index is 1150. The van der Waals surface area contributed by atoms with E-state index in [0.717, 1.165) is 10.9 Å². The molecule has 6 heteroatoms. The van der Waals surface area contributed by atoms with Crippen molar-refractivity contribution in [2.24, 2.45) is 0 Å². The summed E-state index contributed by atoms with van der Waals surface area (Å²) in [6.45, 7) is -0.104. The molecule has 0 spiro atoms. The Hall–Kier alpha value is -3.54. The van der Waals surface area contributed by atoms with Gasteiger partial charge in [0.2, 0.25) is 5.91 Å². The third-order valence-corrected chi connectivity index (χ3v) is 3.97. The number of hydrogen-bond acceptors (Lipinski definition) is 4. The molecule has 1 N–H and O–H groups in total. The molecule has 0 saturated heterocycles. The maximum atomic E-state index is 12.5. The SMILES string of the molecule is O=C(Cn1cnc2ccccc2c1=O)Nc1cccc2ncccc12. The second-order valence-electron chi connectivity index (χ2n) is 5.62. The molecule has 122 valence electrons. The average Bonchev–Trinajstić information content (AvgIpc) is 2.65. The van der Waals surface area contributed by atoms with Crippen molar-refractivity contribution in [3.8, 4) is 0 Å². The van der Waals surface area contributed by atoms with Crippen LogP contribution in [0.5, 0.6) is 0 Å². The molecule has 0 aliphatic rings. The number of fused-ring (bicyclic) bond motifs is 2. The van der Waals surface area contributed by atoms with Gasteiger partial charge >= 0.3 is 0 Å². The average molecular weight is 330 g/mol. The van der Waals surface area contributed by atoms with E-state index in [1.807, 2.05) is 36.4 Å². The van der Waals surface area contributed by atoms with Crippen LogP contribution < -0.4 is 10.9 Å². The first-order chi connectivity index (χ1) is 12.2. The first-order valence-corrected chi connectivity index (χ1v) is 7.80. The van der Waals surface area contributed by atoms with Crippen LogP contribution in [0, 0.1) is 0 Å². The van der Waals surface area contributed by atoms with Crippen molar-refractivity contribution in [1.82, 2.24) is 14.5 Å². The van der Waals surface area contributed by atoms with E-state index in [2.05, 4.69) is 15.3 Å². The summed E-state index contributed by atoms with van der Waals surface area (Å²) < 4.78 is 1.31. The molecule has 1 amide bonds. The van der Waals surface area contributed by atoms with E-state index >= 15 is 0 Å². The fourth-order valence-corrected chi connectivity index (χ4v) is 2.78. The van der Waals surface area contributed by atoms with E-state index in [1.54, 1.807) is 24.4 Å². The van der Waals surface area contributed by atoms with Crippen LogP contribution in [0.3, 0.4) is 0 Å². The summed E-state index contributed by atoms with van der Waals surface area (Å²) in [4.78, 5) is 33.3. The van der Waals surface area contributed by atoms with Crippen LogP contribution in [-0.4, -0.2) is 20.4 Å². The number of benzene rings is 2. The molecule has 0 radical (unpaired) electrons. The molecular weight excluding hydrogens is 316 g/mol. The molecule has 0 atom stereocenters. The van der Waals surface area contributed by atoms with E-state index in [9.17, 15) is 9.59 Å². The van der Waals surface area contributed by atoms with E-state index < -0.39 is 0 Å². The summed E-state index contributed by atoms with van der Waals surface area (Å²) >= 11 is 0. The molecule has 0 unspecified atom stereocenters. The lowest BCUT2D eigenvalue weighted by atomic mass is 10.2. The Morgan fingerprint density at radius 1 is 0.920 bits per heavy atom. The van der Waals surface area contributed by atoms with Gasteiger partial charge in [-0.2, -0.15) is 0 Å². The van der Waals surface area contributed by atoms with Crippen LogP contribution in [0.15, 0.2) is 71.9 Å². The number of carbonyl (C=O) groups is 1. The molecule has 2 aromatic carbocycles. The van der Waals surface area contributed by atoms with Crippen molar-refractivity contribution in [2.75, 3.05) is 5.32 Å². The molecule has 0 saturated carbocycles. The third kappa shape index (κ3) is 2.85. The molecule has 6 nitrogen and oxygen atoms in total. The lowest BCUT2D eigenvalue weighted by Crippen LogP contribution is -2.27. The quantitative estimate of drug-likeness (QED) is 0.626. The van der Waals surface area contributed by atoms with Gasteiger partial charge in [0.05, 0.1) is 28.4 Å². The predicted molar refractivity (Wildman–Crippen MR) is 96.4 cm³/mol. The van der Waals surface area contributed by atoms with Crippen molar-refractivity contribution in [1.29, 1.82) is 0 Å². The summed E-state index contributed by atoms with van der Waals surface area (Å²) in [5, 5.41) is 4.18. The van der Waals surface area contributed by atoms with Crippen LogP contribution in [0.1, 0.15) is 0 Å². The lowest BCUT2D eigenvalue weighted by Gasteiger charge is -2.10. The van der Waals surface area contributed by atoms with Gasteiger partial charge in [0.15, 0.2) is 0 Å². The zero-order valence-corrected chi connectivity index (χ0v) is 13.2. The van der Waals surface area contributed by atoms with Crippen LogP contribution in [0.2, 0.25) is 0 Å². The molecule has 0 fully saturated rings. The zero-order valence-electron chi connectivity index (χ0n) is 13.2. The van der Waals surface area contributed by atoms with Crippen LogP contribution in [-0.2, 0) is 11.3 Å². The van der Waals surface area contributed by atoms with Crippen molar-refractivity contribution >= 4 is 33.4 Å². The van der Waals surface area contributed by atoms with Gasteiger partial charge in [-0.25, -0.2) is 4.98 Å². The number of nitrogens with zero attached hydrogens (tertiary/aromatic N) is 3. The van der Waals surface area contributed by atoms with Gasteiger partial charge in [-0.3, -0.25) is 19.1 Å². The number of amides is 1.